The van der Waals surface area contributed by atoms with Gasteiger partial charge < -0.3 is 4.74 Å². The molecule has 0 amide bonds. The summed E-state index contributed by atoms with van der Waals surface area (Å²) in [4.78, 5) is 13.1. The summed E-state index contributed by atoms with van der Waals surface area (Å²) in [5.41, 5.74) is 1.16. The number of benzene rings is 1. The zero-order chi connectivity index (χ0) is 14.0. The lowest BCUT2D eigenvalue weighted by Crippen LogP contribution is -2.51. The minimum absolute atomic E-state index is 0.0110. The molecule has 1 saturated heterocycles. The maximum atomic E-state index is 13.1. The molecule has 110 valence electrons. The summed E-state index contributed by atoms with van der Waals surface area (Å²) in [6.45, 7) is 0. The van der Waals surface area contributed by atoms with Gasteiger partial charge in [0.15, 0.2) is 5.78 Å². The molecule has 1 aromatic carbocycles. The van der Waals surface area contributed by atoms with Gasteiger partial charge in [0, 0.05) is 5.41 Å². The van der Waals surface area contributed by atoms with Gasteiger partial charge in [-0.05, 0) is 61.8 Å². The predicted octanol–water partition coefficient (Wildman–Crippen LogP) is 3.91. The van der Waals surface area contributed by atoms with Crippen LogP contribution in [0, 0.1) is 23.2 Å². The molecule has 2 heteroatoms. The largest absolute Gasteiger partial charge is 0.356 e. The van der Waals surface area contributed by atoms with Crippen LogP contribution in [0.15, 0.2) is 30.3 Å². The first-order valence-electron chi connectivity index (χ1n) is 8.48. The average molecular weight is 282 g/mol. The molecule has 0 radical (unpaired) electrons. The van der Waals surface area contributed by atoms with E-state index in [1.807, 2.05) is 18.2 Å². The van der Waals surface area contributed by atoms with Crippen molar-refractivity contribution in [3.8, 4) is 0 Å². The molecule has 2 nitrogen and oxygen atoms in total. The molecule has 6 rings (SSSR count). The first kappa shape index (κ1) is 12.4. The number of carbonyl (C=O) groups is 1. The molecule has 5 fully saturated rings. The molecule has 0 N–H and O–H groups in total. The van der Waals surface area contributed by atoms with Crippen LogP contribution in [0.25, 0.3) is 0 Å². The van der Waals surface area contributed by atoms with Gasteiger partial charge in [-0.2, -0.15) is 0 Å². The van der Waals surface area contributed by atoms with Gasteiger partial charge >= 0.3 is 0 Å². The van der Waals surface area contributed by atoms with Gasteiger partial charge in [0.25, 0.3) is 0 Å². The normalized spacial score (nSPS) is 46.6. The second-order valence-electron chi connectivity index (χ2n) is 7.95. The summed E-state index contributed by atoms with van der Waals surface area (Å²) >= 11 is 0. The summed E-state index contributed by atoms with van der Waals surface area (Å²) in [6, 6.07) is 10.2. The van der Waals surface area contributed by atoms with Crippen LogP contribution in [-0.2, 0) is 9.53 Å². The first-order chi connectivity index (χ1) is 10.2. The quantitative estimate of drug-likeness (QED) is 0.787. The van der Waals surface area contributed by atoms with E-state index in [1.54, 1.807) is 0 Å². The number of ether oxygens (including phenoxy) is 1. The van der Waals surface area contributed by atoms with Crippen molar-refractivity contribution in [3.63, 3.8) is 0 Å². The monoisotopic (exact) mass is 282 g/mol. The minimum atomic E-state index is -0.149. The molecule has 1 aromatic rings. The van der Waals surface area contributed by atoms with E-state index in [0.717, 1.165) is 37.0 Å². The maximum absolute atomic E-state index is 13.1. The topological polar surface area (TPSA) is 29.6 Å². The third-order valence-electron chi connectivity index (χ3n) is 6.44. The van der Waals surface area contributed by atoms with E-state index < -0.39 is 0 Å². The molecule has 4 saturated carbocycles. The average Bonchev–Trinajstić information content (AvgIpc) is 3.26. The Bertz CT molecular complexity index is 541. The molecule has 21 heavy (non-hydrogen) atoms. The maximum Gasteiger partial charge on any atom is 0.170 e. The van der Waals surface area contributed by atoms with E-state index in [1.165, 1.54) is 24.8 Å². The summed E-state index contributed by atoms with van der Waals surface area (Å²) < 4.78 is 5.80. The SMILES string of the molecule is O=C(C1OC1c1ccccc1)C12CC3CC(CC(C3)C1)C2. The van der Waals surface area contributed by atoms with Crippen molar-refractivity contribution in [1.29, 1.82) is 0 Å². The summed E-state index contributed by atoms with van der Waals surface area (Å²) in [5, 5.41) is 0. The number of Topliss-reactive ketones (excluding diaryl/α,β-unsaturated/α-hetero) is 1. The number of hydrogen-bond acceptors (Lipinski definition) is 2. The molecule has 4 aliphatic carbocycles. The van der Waals surface area contributed by atoms with Gasteiger partial charge in [-0.3, -0.25) is 4.79 Å². The van der Waals surface area contributed by atoms with Gasteiger partial charge in [-0.15, -0.1) is 0 Å². The molecular weight excluding hydrogens is 260 g/mol. The third kappa shape index (κ3) is 1.85. The fraction of sp³-hybridized carbons (Fsp3) is 0.632. The van der Waals surface area contributed by atoms with Crippen molar-refractivity contribution in [3.05, 3.63) is 35.9 Å². The molecule has 0 aromatic heterocycles. The summed E-state index contributed by atoms with van der Waals surface area (Å²) in [7, 11) is 0. The Kier molecular flexibility index (Phi) is 2.48. The molecule has 5 aliphatic rings. The van der Waals surface area contributed by atoms with Crippen LogP contribution in [0.2, 0.25) is 0 Å². The van der Waals surface area contributed by atoms with Crippen LogP contribution in [0.3, 0.4) is 0 Å². The van der Waals surface area contributed by atoms with Crippen LogP contribution in [0.4, 0.5) is 0 Å². The van der Waals surface area contributed by atoms with Gasteiger partial charge in [-0.25, -0.2) is 0 Å². The Hall–Kier alpha value is -1.15. The minimum Gasteiger partial charge on any atom is -0.356 e. The number of hydrogen-bond donors (Lipinski definition) is 0. The molecule has 2 unspecified atom stereocenters. The summed E-state index contributed by atoms with van der Waals surface area (Å²) in [5.74, 6) is 2.92. The second-order valence-corrected chi connectivity index (χ2v) is 7.95. The summed E-state index contributed by atoms with van der Waals surface area (Å²) in [6.07, 6.45) is 7.51. The van der Waals surface area contributed by atoms with Crippen LogP contribution in [-0.4, -0.2) is 11.9 Å². The smallest absolute Gasteiger partial charge is 0.170 e. The van der Waals surface area contributed by atoms with E-state index in [0.29, 0.717) is 5.78 Å². The highest BCUT2D eigenvalue weighted by Crippen LogP contribution is 2.62. The fourth-order valence-corrected chi connectivity index (χ4v) is 5.92. The predicted molar refractivity (Wildman–Crippen MR) is 79.7 cm³/mol. The standard InChI is InChI=1S/C19H22O2/c20-18(17-16(21-17)15-4-2-1-3-5-15)19-9-12-6-13(10-19)8-14(7-12)11-19/h1-5,12-14,16-17H,6-11H2. The molecule has 2 atom stereocenters. The Balaban J connectivity index is 1.38. The number of epoxide rings is 1. The van der Waals surface area contributed by atoms with Crippen molar-refractivity contribution in [2.24, 2.45) is 23.2 Å². The Labute approximate surface area is 125 Å². The molecule has 1 aliphatic heterocycles. The third-order valence-corrected chi connectivity index (χ3v) is 6.44. The number of ketones is 1. The Morgan fingerprint density at radius 2 is 1.52 bits per heavy atom. The highest BCUT2D eigenvalue weighted by Gasteiger charge is 2.60. The lowest BCUT2D eigenvalue weighted by molar-refractivity contribution is -0.145. The van der Waals surface area contributed by atoms with Crippen molar-refractivity contribution in [2.45, 2.75) is 50.7 Å². The number of carbonyl (C=O) groups excluding carboxylic acids is 1. The van der Waals surface area contributed by atoms with Crippen LogP contribution >= 0.6 is 0 Å². The highest BCUT2D eigenvalue weighted by atomic mass is 16.6. The van der Waals surface area contributed by atoms with Crippen molar-refractivity contribution in [1.82, 2.24) is 0 Å². The van der Waals surface area contributed by atoms with Crippen molar-refractivity contribution >= 4 is 5.78 Å². The van der Waals surface area contributed by atoms with Gasteiger partial charge in [0.1, 0.15) is 12.2 Å². The van der Waals surface area contributed by atoms with Crippen LogP contribution in [0.1, 0.15) is 50.2 Å². The zero-order valence-corrected chi connectivity index (χ0v) is 12.3. The van der Waals surface area contributed by atoms with E-state index in [2.05, 4.69) is 12.1 Å². The lowest BCUT2D eigenvalue weighted by Gasteiger charge is -2.55. The molecule has 0 spiro atoms. The van der Waals surface area contributed by atoms with E-state index in [-0.39, 0.29) is 17.6 Å². The Morgan fingerprint density at radius 1 is 0.952 bits per heavy atom. The first-order valence-corrected chi connectivity index (χ1v) is 8.48. The molecule has 4 bridgehead atoms. The van der Waals surface area contributed by atoms with Crippen LogP contribution < -0.4 is 0 Å². The molecular formula is C19H22O2. The number of rotatable bonds is 3. The van der Waals surface area contributed by atoms with Crippen molar-refractivity contribution < 1.29 is 9.53 Å². The van der Waals surface area contributed by atoms with E-state index >= 15 is 0 Å². The molecule has 1 heterocycles. The highest BCUT2D eigenvalue weighted by molar-refractivity contribution is 5.92. The van der Waals surface area contributed by atoms with Gasteiger partial charge in [0.05, 0.1) is 0 Å². The Morgan fingerprint density at radius 3 is 2.10 bits per heavy atom. The van der Waals surface area contributed by atoms with Crippen LogP contribution in [0.5, 0.6) is 0 Å². The lowest BCUT2D eigenvalue weighted by atomic mass is 9.48. The van der Waals surface area contributed by atoms with E-state index in [4.69, 9.17) is 4.74 Å². The van der Waals surface area contributed by atoms with Gasteiger partial charge in [0.2, 0.25) is 0 Å². The van der Waals surface area contributed by atoms with Gasteiger partial charge in [-0.1, -0.05) is 30.3 Å². The zero-order valence-electron chi connectivity index (χ0n) is 12.3. The van der Waals surface area contributed by atoms with E-state index in [9.17, 15) is 4.79 Å². The fourth-order valence-electron chi connectivity index (χ4n) is 5.92. The van der Waals surface area contributed by atoms with Crippen molar-refractivity contribution in [2.75, 3.05) is 0 Å². The second kappa shape index (κ2) is 4.19.